The summed E-state index contributed by atoms with van der Waals surface area (Å²) in [7, 11) is 3.00. The van der Waals surface area contributed by atoms with Gasteiger partial charge in [-0.05, 0) is 0 Å². The second-order valence-corrected chi connectivity index (χ2v) is 1.01. The van der Waals surface area contributed by atoms with E-state index in [1.807, 2.05) is 0 Å². The van der Waals surface area contributed by atoms with Crippen molar-refractivity contribution in [1.29, 1.82) is 0 Å². The minimum Gasteiger partial charge on any atom is -0.359 e. The highest BCUT2D eigenvalue weighted by Crippen LogP contribution is 1.55. The lowest BCUT2D eigenvalue weighted by molar-refractivity contribution is 0.884. The van der Waals surface area contributed by atoms with Gasteiger partial charge in [-0.3, -0.25) is 0 Å². The Morgan fingerprint density at radius 2 is 1.50 bits per heavy atom. The first kappa shape index (κ1) is 4.12. The number of hydrogen-bond donors (Lipinski definition) is 0. The van der Waals surface area contributed by atoms with E-state index in [-0.39, 0.29) is 0 Å². The van der Waals surface area contributed by atoms with E-state index in [1.54, 1.807) is 0 Å². The van der Waals surface area contributed by atoms with Gasteiger partial charge in [-0.25, -0.2) is 0 Å². The molecular weight excluding hydrogens is 51.4 g/mol. The minimum atomic E-state index is -0.667. The van der Waals surface area contributed by atoms with Gasteiger partial charge >= 0.3 is 0 Å². The van der Waals surface area contributed by atoms with Crippen LogP contribution in [0, 0.1) is 0 Å². The second kappa shape index (κ2) is 1.44. The Morgan fingerprint density at radius 1 is 1.50 bits per heavy atom. The first-order valence-corrected chi connectivity index (χ1v) is 1.37. The average molecular weight is 55.5 g/mol. The smallest absolute Gasteiger partial charge is 0.259 e. The molecule has 0 spiro atoms. The molecule has 0 bridgehead atoms. The number of halogens is 1. The SMILES string of the molecule is BB(B)F. The van der Waals surface area contributed by atoms with Crippen LogP contribution in [-0.4, -0.2) is 22.2 Å². The highest BCUT2D eigenvalue weighted by molar-refractivity contribution is 7.25. The summed E-state index contributed by atoms with van der Waals surface area (Å²) in [5.74, 6) is 0. The predicted octanol–water partition coefficient (Wildman–Crippen LogP) is -1.79. The van der Waals surface area contributed by atoms with Crippen molar-refractivity contribution in [2.75, 3.05) is 0 Å². The van der Waals surface area contributed by atoms with Crippen LogP contribution in [0.3, 0.4) is 0 Å². The summed E-state index contributed by atoms with van der Waals surface area (Å²) in [4.78, 5) is 0. The van der Waals surface area contributed by atoms with Crippen LogP contribution in [0.15, 0.2) is 0 Å². The Morgan fingerprint density at radius 3 is 1.50 bits per heavy atom. The van der Waals surface area contributed by atoms with Gasteiger partial charge in [0.1, 0.15) is 15.5 Å². The summed E-state index contributed by atoms with van der Waals surface area (Å²) in [5, 5.41) is 0. The molecule has 0 saturated heterocycles. The van der Waals surface area contributed by atoms with Crippen LogP contribution in [0.4, 0.5) is 4.32 Å². The molecule has 20 valence electrons. The molecule has 4 heavy (non-hydrogen) atoms. The summed E-state index contributed by atoms with van der Waals surface area (Å²) in [5.41, 5.74) is 0. The normalized spacial score (nSPS) is 6.25. The Labute approximate surface area is 27.7 Å². The zero-order valence-corrected chi connectivity index (χ0v) is 2.96. The predicted molar refractivity (Wildman–Crippen MR) is 23.9 cm³/mol. The van der Waals surface area contributed by atoms with Crippen molar-refractivity contribution < 1.29 is 4.32 Å². The molecule has 4 heteroatoms. The van der Waals surface area contributed by atoms with E-state index in [4.69, 9.17) is 0 Å². The molecule has 0 aliphatic rings. The Balaban J connectivity index is 2.32. The quantitative estimate of drug-likeness (QED) is 0.287. The molecular formula is H4B3F. The van der Waals surface area contributed by atoms with Crippen molar-refractivity contribution in [2.24, 2.45) is 0 Å². The third-order valence-electron chi connectivity index (χ3n) is 0. The van der Waals surface area contributed by atoms with E-state index in [2.05, 4.69) is 0 Å². The van der Waals surface area contributed by atoms with Crippen molar-refractivity contribution in [2.45, 2.75) is 0 Å². The average Bonchev–Trinajstić information content (AvgIpc) is 0.811. The highest BCUT2D eigenvalue weighted by Gasteiger charge is 1.86. The maximum absolute atomic E-state index is 11.0. The molecule has 0 rings (SSSR count). The van der Waals surface area contributed by atoms with Gasteiger partial charge < -0.3 is 4.32 Å². The molecule has 0 N–H and O–H groups in total. The van der Waals surface area contributed by atoms with Gasteiger partial charge in [0, 0.05) is 0 Å². The molecule has 0 amide bonds. The van der Waals surface area contributed by atoms with E-state index in [9.17, 15) is 4.32 Å². The topological polar surface area (TPSA) is 0 Å². The maximum Gasteiger partial charge on any atom is 0.259 e. The summed E-state index contributed by atoms with van der Waals surface area (Å²) in [6.45, 7) is -0.667. The zero-order valence-electron chi connectivity index (χ0n) is 2.96. The van der Waals surface area contributed by atoms with Crippen LogP contribution in [0.1, 0.15) is 0 Å². The lowest BCUT2D eigenvalue weighted by Crippen LogP contribution is -2.01. The van der Waals surface area contributed by atoms with Crippen LogP contribution in [-0.2, 0) is 0 Å². The van der Waals surface area contributed by atoms with E-state index in [0.717, 1.165) is 0 Å². The number of rotatable bonds is 0. The standard InChI is InChI=1S/B3FH4/c1-3(2)4/h1-2H2. The summed E-state index contributed by atoms with van der Waals surface area (Å²) < 4.78 is 11.0. The second-order valence-electron chi connectivity index (χ2n) is 1.01. The van der Waals surface area contributed by atoms with Crippen LogP contribution in [0.5, 0.6) is 0 Å². The molecule has 0 aromatic heterocycles. The van der Waals surface area contributed by atoms with Crippen molar-refractivity contribution in [3.63, 3.8) is 0 Å². The first-order valence-electron chi connectivity index (χ1n) is 1.37. The highest BCUT2D eigenvalue weighted by atomic mass is 19.1. The third-order valence-corrected chi connectivity index (χ3v) is 0. The van der Waals surface area contributed by atoms with Crippen molar-refractivity contribution in [3.05, 3.63) is 0 Å². The molecule has 0 aromatic carbocycles. The fourth-order valence-corrected chi connectivity index (χ4v) is 0. The van der Waals surface area contributed by atoms with E-state index < -0.39 is 6.77 Å². The van der Waals surface area contributed by atoms with Gasteiger partial charge in [0.2, 0.25) is 0 Å². The van der Waals surface area contributed by atoms with Gasteiger partial charge in [0.15, 0.2) is 0 Å². The first-order chi connectivity index (χ1) is 1.73. The molecule has 0 fully saturated rings. The van der Waals surface area contributed by atoms with Gasteiger partial charge in [-0.15, -0.1) is 0 Å². The lowest BCUT2D eigenvalue weighted by Gasteiger charge is -1.65. The summed E-state index contributed by atoms with van der Waals surface area (Å²) in [6, 6.07) is 0. The molecule has 0 unspecified atom stereocenters. The third kappa shape index (κ3) is 173. The molecule has 0 atom stereocenters. The number of hydrogen-bond acceptors (Lipinski definition) is 0. The van der Waals surface area contributed by atoms with E-state index in [0.29, 0.717) is 0 Å². The maximum atomic E-state index is 11.0. The van der Waals surface area contributed by atoms with Crippen LogP contribution >= 0.6 is 0 Å². The van der Waals surface area contributed by atoms with Crippen LogP contribution < -0.4 is 0 Å². The van der Waals surface area contributed by atoms with Crippen molar-refractivity contribution >= 4 is 22.2 Å². The Hall–Kier alpha value is 0.125. The summed E-state index contributed by atoms with van der Waals surface area (Å²) >= 11 is 0. The van der Waals surface area contributed by atoms with Crippen molar-refractivity contribution in [1.82, 2.24) is 0 Å². The van der Waals surface area contributed by atoms with Gasteiger partial charge in [-0.1, -0.05) is 0 Å². The fraction of sp³-hybridized carbons (Fsp3) is 0. The molecule has 0 aliphatic carbocycles. The monoisotopic (exact) mass is 56.1 g/mol. The molecule has 0 aliphatic heterocycles. The van der Waals surface area contributed by atoms with E-state index in [1.165, 1.54) is 15.5 Å². The largest absolute Gasteiger partial charge is 0.359 e. The minimum absolute atomic E-state index is 0.667. The van der Waals surface area contributed by atoms with Crippen LogP contribution in [0.25, 0.3) is 0 Å². The zero-order chi connectivity index (χ0) is 3.58. The molecule has 0 aromatic rings. The van der Waals surface area contributed by atoms with Crippen LogP contribution in [0.2, 0.25) is 0 Å². The Kier molecular flexibility index (Phi) is 1.49. The lowest BCUT2D eigenvalue weighted by atomic mass is 9.35. The molecule has 0 nitrogen and oxygen atoms in total. The van der Waals surface area contributed by atoms with Gasteiger partial charge in [0.05, 0.1) is 0 Å². The molecule has 0 radical (unpaired) electrons. The van der Waals surface area contributed by atoms with E-state index >= 15 is 0 Å². The van der Waals surface area contributed by atoms with Gasteiger partial charge in [-0.2, -0.15) is 0 Å². The molecule has 0 heterocycles. The fourth-order valence-electron chi connectivity index (χ4n) is 0. The molecule has 0 saturated carbocycles. The summed E-state index contributed by atoms with van der Waals surface area (Å²) in [6.07, 6.45) is 0. The Bertz CT molecular complexity index is 8.00. The van der Waals surface area contributed by atoms with Gasteiger partial charge in [0.25, 0.3) is 6.77 Å². The van der Waals surface area contributed by atoms with Crippen molar-refractivity contribution in [3.8, 4) is 0 Å².